The first kappa shape index (κ1) is 125. The van der Waals surface area contributed by atoms with Gasteiger partial charge in [0.25, 0.3) is 0 Å². The number of H-pyrrole nitrogens is 1. The lowest BCUT2D eigenvalue weighted by atomic mass is 9.96. The van der Waals surface area contributed by atoms with Crippen LogP contribution in [-0.2, 0) is 102 Å². The molecule has 19 amide bonds. The van der Waals surface area contributed by atoms with Crippen molar-refractivity contribution in [3.8, 4) is 0 Å². The van der Waals surface area contributed by atoms with Crippen LogP contribution in [-0.4, -0.2) is 303 Å². The largest absolute Gasteiger partial charge is 0.480 e. The number of allylic oxidation sites excluding steroid dienone is 1. The number of carboxylic acid groups (broad SMARTS) is 1. The summed E-state index contributed by atoms with van der Waals surface area (Å²) in [5, 5.41) is 62.1. The number of aromatic amines is 1. The van der Waals surface area contributed by atoms with Crippen LogP contribution in [0, 0.1) is 35.5 Å². The molecule has 0 saturated heterocycles. The van der Waals surface area contributed by atoms with Gasteiger partial charge in [-0.05, 0) is 144 Å². The number of guanidine groups is 2. The van der Waals surface area contributed by atoms with Gasteiger partial charge >= 0.3 is 5.97 Å². The molecule has 0 radical (unpaired) electrons. The Bertz CT molecular complexity index is 4420. The number of unbranched alkanes of at least 4 members (excludes halogenated alkanes) is 1. The summed E-state index contributed by atoms with van der Waals surface area (Å²) in [6.45, 7) is 21.0. The molecule has 0 spiro atoms. The molecule has 1 aromatic heterocycles. The fourth-order valence-corrected chi connectivity index (χ4v) is 15.2. The average Bonchev–Trinajstić information content (AvgIpc) is 1.09. The van der Waals surface area contributed by atoms with Crippen LogP contribution in [0.4, 0.5) is 0 Å². The molecule has 0 unspecified atom stereocenters. The van der Waals surface area contributed by atoms with Crippen LogP contribution in [0.1, 0.15) is 225 Å². The fraction of sp³-hybridized carbons (Fsp3) is 0.703. The number of carbonyl (C=O) groups is 20. The normalized spacial score (nSPS) is 17.1. The van der Waals surface area contributed by atoms with Gasteiger partial charge in [-0.2, -0.15) is 11.8 Å². The number of nitrogens with zero attached hydrogens (tertiary/aromatic N) is 4. The van der Waals surface area contributed by atoms with Crippen molar-refractivity contribution in [2.24, 2.45) is 85.6 Å². The Hall–Kier alpha value is -12.8. The molecule has 1 aromatic rings. The smallest absolute Gasteiger partial charge is 0.326 e. The first-order valence-corrected chi connectivity index (χ1v) is 49.7. The monoisotopic (exact) mass is 2030 g/mol. The van der Waals surface area contributed by atoms with E-state index in [4.69, 9.17) is 40.1 Å². The Morgan fingerprint density at radius 2 is 0.937 bits per heavy atom. The van der Waals surface area contributed by atoms with Crippen LogP contribution in [0.3, 0.4) is 0 Å². The number of aliphatic carboxylic acids is 1. The Morgan fingerprint density at radius 3 is 1.39 bits per heavy atom. The maximum Gasteiger partial charge on any atom is 0.326 e. The molecule has 33 N–H and O–H groups in total. The van der Waals surface area contributed by atoms with Gasteiger partial charge in [0.15, 0.2) is 11.9 Å². The summed E-state index contributed by atoms with van der Waals surface area (Å²) in [6, 6.07) is -23.4. The molecule has 142 heavy (non-hydrogen) atoms. The SMILES string of the molecule is CCC[C@H](NC(=O)[C@H](CCCCN)NC(=O)[C@H](CCCN=C(N)N)NC(=O)[C@@H](NC(=O)[C@H](Cc1cnc[nH]1)NC(=O)[C@H](C)NC(=O)[C@H](CCC(N)=O)NC(=O)[C@@H](NC(=O)[C@H](CCCN=C(N)N)NC(=O)[C@H](CC(C)C)NC(=O)[C@H](CC(C)C)NC(=O)[C@H](CO)NC(=O)CN1C/C=C/CCC(=O)N[C@@H](CC(N)=O)C(=O)N[C@@H]([C@@H](C)CC)C1=O)C(C)C)[C@@H](C)CC)C(=O)N[C@@H](CCSC)C(=O)N[C@H](C(=O)O)C(C)C. The molecule has 0 fully saturated rings. The van der Waals surface area contributed by atoms with Gasteiger partial charge in [0.05, 0.1) is 25.9 Å². The average molecular weight is 2030 g/mol. The number of aromatic nitrogens is 2. The number of rotatable bonds is 65. The van der Waals surface area contributed by atoms with Crippen LogP contribution in [0.25, 0.3) is 0 Å². The topological polar surface area (TPSA) is 813 Å². The van der Waals surface area contributed by atoms with E-state index >= 15 is 0 Å². The second-order valence-corrected chi connectivity index (χ2v) is 37.9. The number of primary amides is 2. The lowest BCUT2D eigenvalue weighted by Crippen LogP contribution is -2.62. The minimum atomic E-state index is -1.75. The number of aliphatic hydroxyl groups is 1. The van der Waals surface area contributed by atoms with E-state index in [1.165, 1.54) is 51.1 Å². The van der Waals surface area contributed by atoms with Crippen molar-refractivity contribution >= 4 is 142 Å². The van der Waals surface area contributed by atoms with Crippen LogP contribution < -0.4 is 125 Å². The van der Waals surface area contributed by atoms with Crippen LogP contribution in [0.5, 0.6) is 0 Å². The predicted octanol–water partition coefficient (Wildman–Crippen LogP) is -5.59. The minimum absolute atomic E-state index is 0.0207. The molecule has 1 aliphatic heterocycles. The second-order valence-electron chi connectivity index (χ2n) is 36.9. The third-order valence-electron chi connectivity index (χ3n) is 23.2. The Morgan fingerprint density at radius 1 is 0.493 bits per heavy atom. The zero-order chi connectivity index (χ0) is 107. The molecule has 51 heteroatoms. The Kier molecular flexibility index (Phi) is 58.2. The molecule has 1 aliphatic rings. The van der Waals surface area contributed by atoms with E-state index in [2.05, 4.69) is 105 Å². The number of carboxylic acids is 1. The van der Waals surface area contributed by atoms with Gasteiger partial charge in [-0.15, -0.1) is 0 Å². The number of hydrogen-bond donors (Lipinski definition) is 26. The van der Waals surface area contributed by atoms with Crippen molar-refractivity contribution in [3.05, 3.63) is 30.4 Å². The summed E-state index contributed by atoms with van der Waals surface area (Å²) in [5.41, 5.74) is 39.6. The maximum atomic E-state index is 14.9. The number of aliphatic imine (C=N–C) groups is 2. The molecular weight excluding hydrogens is 1870 g/mol. The van der Waals surface area contributed by atoms with Crippen molar-refractivity contribution in [3.63, 3.8) is 0 Å². The third kappa shape index (κ3) is 47.2. The van der Waals surface area contributed by atoms with Gasteiger partial charge in [-0.1, -0.05) is 121 Å². The number of imidazole rings is 1. The van der Waals surface area contributed by atoms with E-state index < -0.39 is 271 Å². The molecule has 0 aromatic carbocycles. The predicted molar refractivity (Wildman–Crippen MR) is 529 cm³/mol. The van der Waals surface area contributed by atoms with Crippen molar-refractivity contribution in [1.82, 2.24) is 99.9 Å². The highest BCUT2D eigenvalue weighted by Crippen LogP contribution is 2.20. The summed E-state index contributed by atoms with van der Waals surface area (Å²) >= 11 is 1.38. The van der Waals surface area contributed by atoms with Gasteiger partial charge in [-0.3, -0.25) is 101 Å². The fourth-order valence-electron chi connectivity index (χ4n) is 14.7. The summed E-state index contributed by atoms with van der Waals surface area (Å²) < 4.78 is 0. The van der Waals surface area contributed by atoms with Crippen molar-refractivity contribution in [1.29, 1.82) is 0 Å². The number of aliphatic hydroxyl groups excluding tert-OH is 1. The highest BCUT2D eigenvalue weighted by atomic mass is 32.2. The minimum Gasteiger partial charge on any atom is -0.480 e. The zero-order valence-corrected chi connectivity index (χ0v) is 85.2. The lowest BCUT2D eigenvalue weighted by molar-refractivity contribution is -0.143. The quantitative estimate of drug-likeness (QED) is 0.0125. The van der Waals surface area contributed by atoms with Crippen molar-refractivity contribution in [2.75, 3.05) is 51.3 Å². The van der Waals surface area contributed by atoms with Crippen molar-refractivity contribution < 1.29 is 106 Å². The number of nitrogens with two attached hydrogens (primary N) is 7. The van der Waals surface area contributed by atoms with Crippen LogP contribution in [0.2, 0.25) is 0 Å². The first-order valence-electron chi connectivity index (χ1n) is 48.3. The molecule has 800 valence electrons. The van der Waals surface area contributed by atoms with E-state index in [-0.39, 0.29) is 140 Å². The molecule has 0 bridgehead atoms. The first-order chi connectivity index (χ1) is 66.9. The highest BCUT2D eigenvalue weighted by molar-refractivity contribution is 7.98. The second kappa shape index (κ2) is 66.0. The highest BCUT2D eigenvalue weighted by Gasteiger charge is 2.42. The van der Waals surface area contributed by atoms with Gasteiger partial charge in [-0.25, -0.2) is 9.78 Å². The van der Waals surface area contributed by atoms with Gasteiger partial charge in [0.1, 0.15) is 96.7 Å². The van der Waals surface area contributed by atoms with E-state index in [0.717, 1.165) is 4.90 Å². The summed E-state index contributed by atoms with van der Waals surface area (Å²) in [4.78, 5) is 296. The summed E-state index contributed by atoms with van der Waals surface area (Å²) in [5.74, 6) is -21.9. The van der Waals surface area contributed by atoms with E-state index in [9.17, 15) is 106 Å². The number of amides is 19. The maximum absolute atomic E-state index is 14.9. The molecule has 18 atom stereocenters. The standard InChI is InChI=1S/C91H158N28O22S/c1-16-26-55(76(127)109-60(33-38-142-15)80(131)116-71(50(10)11)89(140)141)106-77(128)56(27-21-22-34-92)107-78(129)57(28-24-35-100-90(95)96)110-87(138)72(51(12)17-2)117-83(134)63(41-54-43-99-46-102-54)112-74(125)53(14)103-75(126)59(31-32-66(93)121)111-86(137)70(49(8)9)115-79(130)58(29-25-36-101-91(97)98)108-81(132)61(39-47(4)5)113-82(133)62(40-48(6)7)114-85(136)65(45-120)105-69(124)44-119-37-23-19-20-30-68(123)104-64(42-67(94)122)84(135)118-73(88(119)139)52(13)18-3/h19,23,43,46-53,55-65,70-73,120H,16-18,20-22,24-42,44-45,92H2,1-15H3,(H2,93,121)(H2,94,122)(H,99,102)(H,103,126)(H,104,123)(H,105,124)(H,106,128)(H,107,129)(H,108,132)(H,109,127)(H,110,138)(H,111,137)(H,112,125)(H,113,133)(H,114,136)(H,115,130)(H,116,131)(H,117,134)(H,118,135)(H,140,141)(H4,95,96,100)(H4,97,98,101)/b23-19+/t51-,52-,53-,55-,56-,57-,58-,59-,60-,61-,62-,63-,64-,65-,70-,71-,72-,73-/m0/s1. The number of carbonyl (C=O) groups excluding carboxylic acids is 19. The summed E-state index contributed by atoms with van der Waals surface area (Å²) in [7, 11) is 0. The Labute approximate surface area is 833 Å². The van der Waals surface area contributed by atoms with E-state index in [0.29, 0.717) is 30.7 Å². The molecule has 50 nitrogen and oxygen atoms in total. The Balaban J connectivity index is 2.57. The van der Waals surface area contributed by atoms with Gasteiger partial charge < -0.3 is 145 Å². The number of thioether (sulfide) groups is 1. The molecular formula is C91H158N28O22S. The number of hydrogen-bond acceptors (Lipinski definition) is 26. The van der Waals surface area contributed by atoms with E-state index in [1.54, 1.807) is 88.5 Å². The summed E-state index contributed by atoms with van der Waals surface area (Å²) in [6.07, 6.45) is 6.89. The van der Waals surface area contributed by atoms with Crippen LogP contribution >= 0.6 is 11.8 Å². The molecule has 0 aliphatic carbocycles. The lowest BCUT2D eigenvalue weighted by Gasteiger charge is -2.31. The van der Waals surface area contributed by atoms with E-state index in [1.807, 2.05) is 0 Å². The molecule has 2 heterocycles. The number of nitrogens with one attached hydrogen (secondary N) is 17. The third-order valence-corrected chi connectivity index (χ3v) is 23.8. The van der Waals surface area contributed by atoms with Gasteiger partial charge in [0, 0.05) is 50.8 Å². The van der Waals surface area contributed by atoms with Crippen LogP contribution in [0.15, 0.2) is 34.7 Å². The molecule has 0 saturated carbocycles. The van der Waals surface area contributed by atoms with Gasteiger partial charge in [0.2, 0.25) is 112 Å². The molecule has 2 rings (SSSR count). The van der Waals surface area contributed by atoms with Crippen molar-refractivity contribution in [2.45, 2.75) is 322 Å². The zero-order valence-electron chi connectivity index (χ0n) is 84.4.